The van der Waals surface area contributed by atoms with Gasteiger partial charge in [-0.3, -0.25) is 4.90 Å². The van der Waals surface area contributed by atoms with Crippen LogP contribution >= 0.6 is 12.2 Å². The van der Waals surface area contributed by atoms with Crippen LogP contribution in [-0.2, 0) is 6.54 Å². The lowest BCUT2D eigenvalue weighted by atomic mass is 10.1. The summed E-state index contributed by atoms with van der Waals surface area (Å²) in [4.78, 5) is 5.65. The topological polar surface area (TPSA) is 24.0 Å². The molecule has 1 atom stereocenters. The minimum absolute atomic E-state index is 0.185. The van der Waals surface area contributed by atoms with Gasteiger partial charge in [-0.2, -0.15) is 0 Å². The zero-order valence-corrected chi connectivity index (χ0v) is 13.5. The molecule has 1 aromatic heterocycles. The predicted octanol–water partition coefficient (Wildman–Crippen LogP) is 4.02. The fourth-order valence-corrected chi connectivity index (χ4v) is 3.48. The second-order valence-electron chi connectivity index (χ2n) is 6.10. The number of halogens is 1. The number of nitrogens with zero attached hydrogens (tertiary/aromatic N) is 2. The standard InChI is InChI=1S/C16H22FN3S/c1-11-8-15-14(9-13(11)17)18-16(21)20(15)10-12(2)19-6-4-3-5-7-19/h8-9,12H,3-7,10H2,1-2H3,(H,18,21). The number of benzene rings is 1. The molecule has 1 saturated heterocycles. The molecule has 0 bridgehead atoms. The minimum atomic E-state index is -0.185. The SMILES string of the molecule is Cc1cc2c(cc1F)[nH]c(=S)n2CC(C)N1CCCCC1. The van der Waals surface area contributed by atoms with Crippen LogP contribution in [0.5, 0.6) is 0 Å². The molecule has 0 aliphatic carbocycles. The molecule has 1 fully saturated rings. The van der Waals surface area contributed by atoms with Crippen molar-refractivity contribution in [2.75, 3.05) is 13.1 Å². The summed E-state index contributed by atoms with van der Waals surface area (Å²) < 4.78 is 16.5. The number of H-pyrrole nitrogens is 1. The molecule has 5 heteroatoms. The molecule has 2 heterocycles. The van der Waals surface area contributed by atoms with Crippen molar-refractivity contribution in [3.8, 4) is 0 Å². The Morgan fingerprint density at radius 1 is 1.29 bits per heavy atom. The van der Waals surface area contributed by atoms with Gasteiger partial charge in [0, 0.05) is 12.6 Å². The van der Waals surface area contributed by atoms with Crippen LogP contribution in [0.2, 0.25) is 0 Å². The number of piperidine rings is 1. The molecule has 3 rings (SSSR count). The first-order chi connectivity index (χ1) is 10.1. The third kappa shape index (κ3) is 2.90. The second-order valence-corrected chi connectivity index (χ2v) is 6.49. The summed E-state index contributed by atoms with van der Waals surface area (Å²) >= 11 is 5.43. The van der Waals surface area contributed by atoms with E-state index in [1.807, 2.05) is 6.07 Å². The summed E-state index contributed by atoms with van der Waals surface area (Å²) in [7, 11) is 0. The van der Waals surface area contributed by atoms with Crippen molar-refractivity contribution >= 4 is 23.3 Å². The number of hydrogen-bond donors (Lipinski definition) is 1. The lowest BCUT2D eigenvalue weighted by Crippen LogP contribution is -2.39. The number of aryl methyl sites for hydroxylation is 1. The van der Waals surface area contributed by atoms with Gasteiger partial charge in [0.15, 0.2) is 4.77 Å². The van der Waals surface area contributed by atoms with Crippen molar-refractivity contribution in [1.82, 2.24) is 14.5 Å². The van der Waals surface area contributed by atoms with Gasteiger partial charge in [0.25, 0.3) is 0 Å². The summed E-state index contributed by atoms with van der Waals surface area (Å²) in [5, 5.41) is 0. The number of hydrogen-bond acceptors (Lipinski definition) is 2. The molecule has 1 aliphatic heterocycles. The van der Waals surface area contributed by atoms with E-state index >= 15 is 0 Å². The molecule has 0 spiro atoms. The van der Waals surface area contributed by atoms with Crippen molar-refractivity contribution in [3.05, 3.63) is 28.3 Å². The van der Waals surface area contributed by atoms with Gasteiger partial charge in [0.2, 0.25) is 0 Å². The van der Waals surface area contributed by atoms with Crippen molar-refractivity contribution < 1.29 is 4.39 Å². The van der Waals surface area contributed by atoms with E-state index in [-0.39, 0.29) is 5.82 Å². The average Bonchev–Trinajstić information content (AvgIpc) is 2.76. The Morgan fingerprint density at radius 2 is 2.00 bits per heavy atom. The van der Waals surface area contributed by atoms with Crippen LogP contribution in [0.3, 0.4) is 0 Å². The van der Waals surface area contributed by atoms with Gasteiger partial charge in [-0.15, -0.1) is 0 Å². The first-order valence-electron chi connectivity index (χ1n) is 7.69. The Bertz CT molecular complexity index is 697. The monoisotopic (exact) mass is 307 g/mol. The van der Waals surface area contributed by atoms with E-state index in [2.05, 4.69) is 21.4 Å². The summed E-state index contributed by atoms with van der Waals surface area (Å²) in [6.07, 6.45) is 3.91. The van der Waals surface area contributed by atoms with Crippen molar-refractivity contribution in [2.45, 2.75) is 45.7 Å². The van der Waals surface area contributed by atoms with Crippen LogP contribution < -0.4 is 0 Å². The largest absolute Gasteiger partial charge is 0.330 e. The predicted molar refractivity (Wildman–Crippen MR) is 86.7 cm³/mol. The molecular weight excluding hydrogens is 285 g/mol. The number of fused-ring (bicyclic) bond motifs is 1. The summed E-state index contributed by atoms with van der Waals surface area (Å²) in [5.41, 5.74) is 2.45. The summed E-state index contributed by atoms with van der Waals surface area (Å²) in [5.74, 6) is -0.185. The Morgan fingerprint density at radius 3 is 2.71 bits per heavy atom. The fourth-order valence-electron chi connectivity index (χ4n) is 3.20. The number of nitrogens with one attached hydrogen (secondary N) is 1. The quantitative estimate of drug-likeness (QED) is 0.866. The number of aromatic amines is 1. The lowest BCUT2D eigenvalue weighted by Gasteiger charge is -2.32. The lowest BCUT2D eigenvalue weighted by molar-refractivity contribution is 0.160. The molecule has 114 valence electrons. The number of aromatic nitrogens is 2. The van der Waals surface area contributed by atoms with Gasteiger partial charge in [-0.05, 0) is 69.7 Å². The molecule has 0 saturated carbocycles. The second kappa shape index (κ2) is 5.89. The van der Waals surface area contributed by atoms with Gasteiger partial charge in [0.1, 0.15) is 5.82 Å². The van der Waals surface area contributed by atoms with Crippen molar-refractivity contribution in [3.63, 3.8) is 0 Å². The minimum Gasteiger partial charge on any atom is -0.330 e. The third-order valence-electron chi connectivity index (χ3n) is 4.52. The third-order valence-corrected chi connectivity index (χ3v) is 4.84. The summed E-state index contributed by atoms with van der Waals surface area (Å²) in [6, 6.07) is 3.88. The molecule has 0 radical (unpaired) electrons. The highest BCUT2D eigenvalue weighted by Gasteiger charge is 2.18. The molecule has 0 amide bonds. The molecule has 1 aromatic carbocycles. The van der Waals surface area contributed by atoms with Crippen molar-refractivity contribution in [1.29, 1.82) is 0 Å². The highest BCUT2D eigenvalue weighted by molar-refractivity contribution is 7.71. The maximum Gasteiger partial charge on any atom is 0.178 e. The first kappa shape index (κ1) is 14.7. The van der Waals surface area contributed by atoms with Crippen LogP contribution in [0.15, 0.2) is 12.1 Å². The molecule has 1 unspecified atom stereocenters. The van der Waals surface area contributed by atoms with Crippen LogP contribution in [0, 0.1) is 17.5 Å². The Balaban J connectivity index is 1.91. The maximum atomic E-state index is 13.7. The Hall–Kier alpha value is -1.20. The van der Waals surface area contributed by atoms with Crippen LogP contribution in [0.25, 0.3) is 11.0 Å². The average molecular weight is 307 g/mol. The van der Waals surface area contributed by atoms with E-state index in [1.54, 1.807) is 13.0 Å². The van der Waals surface area contributed by atoms with E-state index in [4.69, 9.17) is 12.2 Å². The molecule has 1 aliphatic rings. The molecule has 21 heavy (non-hydrogen) atoms. The van der Waals surface area contributed by atoms with Gasteiger partial charge < -0.3 is 9.55 Å². The molecular formula is C16H22FN3S. The normalized spacial score (nSPS) is 18.2. The zero-order valence-electron chi connectivity index (χ0n) is 12.7. The fraction of sp³-hybridized carbons (Fsp3) is 0.562. The Kier molecular flexibility index (Phi) is 4.13. The zero-order chi connectivity index (χ0) is 15.0. The van der Waals surface area contributed by atoms with Gasteiger partial charge in [-0.1, -0.05) is 6.42 Å². The smallest absolute Gasteiger partial charge is 0.178 e. The highest BCUT2D eigenvalue weighted by Crippen LogP contribution is 2.21. The molecule has 1 N–H and O–H groups in total. The molecule has 3 nitrogen and oxygen atoms in total. The first-order valence-corrected chi connectivity index (χ1v) is 8.10. The molecule has 2 aromatic rings. The number of likely N-dealkylation sites (tertiary alicyclic amines) is 1. The number of rotatable bonds is 3. The van der Waals surface area contributed by atoms with Gasteiger partial charge >= 0.3 is 0 Å². The van der Waals surface area contributed by atoms with E-state index in [0.29, 0.717) is 16.4 Å². The van der Waals surface area contributed by atoms with E-state index < -0.39 is 0 Å². The Labute approximate surface area is 129 Å². The van der Waals surface area contributed by atoms with Crippen LogP contribution in [0.1, 0.15) is 31.7 Å². The summed E-state index contributed by atoms with van der Waals surface area (Å²) in [6.45, 7) is 7.24. The van der Waals surface area contributed by atoms with Crippen molar-refractivity contribution in [2.24, 2.45) is 0 Å². The highest BCUT2D eigenvalue weighted by atomic mass is 32.1. The van der Waals surface area contributed by atoms with Crippen LogP contribution in [0.4, 0.5) is 4.39 Å². The number of imidazole rings is 1. The van der Waals surface area contributed by atoms with E-state index in [9.17, 15) is 4.39 Å². The van der Waals surface area contributed by atoms with E-state index in [0.717, 1.165) is 17.6 Å². The van der Waals surface area contributed by atoms with Crippen LogP contribution in [-0.4, -0.2) is 33.6 Å². The maximum absolute atomic E-state index is 13.7. The van der Waals surface area contributed by atoms with E-state index in [1.165, 1.54) is 32.4 Å². The van der Waals surface area contributed by atoms with Gasteiger partial charge in [0.05, 0.1) is 11.0 Å². The van der Waals surface area contributed by atoms with Gasteiger partial charge in [-0.25, -0.2) is 4.39 Å².